The van der Waals surface area contributed by atoms with Gasteiger partial charge in [-0.2, -0.15) is 0 Å². The molecule has 0 aromatic carbocycles. The zero-order valence-electron chi connectivity index (χ0n) is 12.0. The third-order valence-electron chi connectivity index (χ3n) is 4.81. The molecule has 0 radical (unpaired) electrons. The normalized spacial score (nSPS) is 37.8. The number of rotatable bonds is 2. The zero-order valence-corrected chi connectivity index (χ0v) is 12.0. The second kappa shape index (κ2) is 5.30. The number of piperidine rings is 1. The number of aliphatic hydroxyl groups is 1. The average molecular weight is 253 g/mol. The lowest BCUT2D eigenvalue weighted by Crippen LogP contribution is -2.47. The lowest BCUT2D eigenvalue weighted by atomic mass is 9.74. The molecule has 18 heavy (non-hydrogen) atoms. The maximum atomic E-state index is 12.1. The third-order valence-corrected chi connectivity index (χ3v) is 4.81. The minimum atomic E-state index is -0.493. The summed E-state index contributed by atoms with van der Waals surface area (Å²) in [6.45, 7) is 9.09. The van der Waals surface area contributed by atoms with Crippen LogP contribution in [0.4, 0.5) is 0 Å². The van der Waals surface area contributed by atoms with E-state index in [9.17, 15) is 9.90 Å². The molecule has 3 heteroatoms. The fourth-order valence-corrected chi connectivity index (χ4v) is 3.47. The summed E-state index contributed by atoms with van der Waals surface area (Å²) in [7, 11) is 0. The highest BCUT2D eigenvalue weighted by atomic mass is 16.3. The van der Waals surface area contributed by atoms with Crippen LogP contribution in [-0.4, -0.2) is 41.0 Å². The van der Waals surface area contributed by atoms with Crippen LogP contribution in [0.3, 0.4) is 0 Å². The predicted octanol–water partition coefficient (Wildman–Crippen LogP) is 2.08. The van der Waals surface area contributed by atoms with Gasteiger partial charge in [0.2, 0.25) is 0 Å². The van der Waals surface area contributed by atoms with Gasteiger partial charge in [0.1, 0.15) is 5.78 Å². The van der Waals surface area contributed by atoms with Gasteiger partial charge in [-0.15, -0.1) is 0 Å². The molecule has 1 saturated carbocycles. The van der Waals surface area contributed by atoms with E-state index < -0.39 is 5.60 Å². The largest absolute Gasteiger partial charge is 0.390 e. The summed E-state index contributed by atoms with van der Waals surface area (Å²) in [5.74, 6) is 1.76. The molecule has 1 heterocycles. The Labute approximate surface area is 111 Å². The highest BCUT2D eigenvalue weighted by molar-refractivity contribution is 5.82. The van der Waals surface area contributed by atoms with Gasteiger partial charge in [0, 0.05) is 32.0 Å². The Morgan fingerprint density at radius 1 is 1.33 bits per heavy atom. The first-order valence-electron chi connectivity index (χ1n) is 7.35. The van der Waals surface area contributed by atoms with Crippen LogP contribution in [0.1, 0.15) is 46.5 Å². The summed E-state index contributed by atoms with van der Waals surface area (Å²) in [6.07, 6.45) is 3.61. The first-order chi connectivity index (χ1) is 8.37. The number of Topliss-reactive ketones (excluding diaryl/α,β-unsaturated/α-hetero) is 1. The maximum absolute atomic E-state index is 12.1. The quantitative estimate of drug-likeness (QED) is 0.819. The predicted molar refractivity (Wildman–Crippen MR) is 72.4 cm³/mol. The number of likely N-dealkylation sites (tertiary alicyclic amines) is 1. The molecular weight excluding hydrogens is 226 g/mol. The second-order valence-electron chi connectivity index (χ2n) is 6.89. The Morgan fingerprint density at radius 3 is 2.50 bits per heavy atom. The topological polar surface area (TPSA) is 40.5 Å². The fourth-order valence-electron chi connectivity index (χ4n) is 3.47. The summed E-state index contributed by atoms with van der Waals surface area (Å²) in [6, 6.07) is 0. The zero-order chi connectivity index (χ0) is 13.3. The molecule has 0 aromatic rings. The molecule has 1 N–H and O–H groups in total. The van der Waals surface area contributed by atoms with E-state index in [0.717, 1.165) is 38.9 Å². The van der Waals surface area contributed by atoms with Crippen molar-refractivity contribution in [2.45, 2.75) is 52.1 Å². The minimum Gasteiger partial charge on any atom is -0.390 e. The lowest BCUT2D eigenvalue weighted by Gasteiger charge is -2.40. The van der Waals surface area contributed by atoms with E-state index in [1.54, 1.807) is 0 Å². The minimum absolute atomic E-state index is 0.226. The SMILES string of the molecule is CC1CC(=O)C(CN2CCC(C)(O)CC2)C(C)C1. The molecule has 0 bridgehead atoms. The van der Waals surface area contributed by atoms with Gasteiger partial charge >= 0.3 is 0 Å². The van der Waals surface area contributed by atoms with Crippen molar-refractivity contribution in [1.82, 2.24) is 4.90 Å². The van der Waals surface area contributed by atoms with Gasteiger partial charge in [0.15, 0.2) is 0 Å². The van der Waals surface area contributed by atoms with E-state index in [4.69, 9.17) is 0 Å². The number of carbonyl (C=O) groups excluding carboxylic acids is 1. The van der Waals surface area contributed by atoms with Gasteiger partial charge in [-0.25, -0.2) is 0 Å². The Balaban J connectivity index is 1.88. The van der Waals surface area contributed by atoms with Crippen molar-refractivity contribution < 1.29 is 9.90 Å². The molecule has 1 aliphatic carbocycles. The molecule has 2 aliphatic rings. The van der Waals surface area contributed by atoms with E-state index >= 15 is 0 Å². The molecule has 0 amide bonds. The van der Waals surface area contributed by atoms with Crippen molar-refractivity contribution in [2.75, 3.05) is 19.6 Å². The molecule has 1 aliphatic heterocycles. The van der Waals surface area contributed by atoms with Crippen LogP contribution in [0.15, 0.2) is 0 Å². The Kier molecular flexibility index (Phi) is 4.12. The van der Waals surface area contributed by atoms with E-state index in [-0.39, 0.29) is 5.92 Å². The number of nitrogens with zero attached hydrogens (tertiary/aromatic N) is 1. The van der Waals surface area contributed by atoms with Gasteiger partial charge in [0.05, 0.1) is 5.60 Å². The molecule has 3 unspecified atom stereocenters. The molecule has 3 nitrogen and oxygen atoms in total. The molecule has 2 fully saturated rings. The summed E-state index contributed by atoms with van der Waals surface area (Å²) in [5, 5.41) is 9.94. The van der Waals surface area contributed by atoms with Crippen LogP contribution in [0.2, 0.25) is 0 Å². The molecule has 1 saturated heterocycles. The van der Waals surface area contributed by atoms with Crippen molar-refractivity contribution in [3.63, 3.8) is 0 Å². The number of ketones is 1. The Hall–Kier alpha value is -0.410. The standard InChI is InChI=1S/C15H27NO2/c1-11-8-12(2)13(14(17)9-11)10-16-6-4-15(3,18)5-7-16/h11-13,18H,4-10H2,1-3H3. The second-order valence-corrected chi connectivity index (χ2v) is 6.89. The van der Waals surface area contributed by atoms with Crippen molar-refractivity contribution >= 4 is 5.78 Å². The van der Waals surface area contributed by atoms with Crippen LogP contribution in [-0.2, 0) is 4.79 Å². The number of carbonyl (C=O) groups is 1. The summed E-state index contributed by atoms with van der Waals surface area (Å²) >= 11 is 0. The van der Waals surface area contributed by atoms with Crippen LogP contribution in [0.25, 0.3) is 0 Å². The lowest BCUT2D eigenvalue weighted by molar-refractivity contribution is -0.129. The first-order valence-corrected chi connectivity index (χ1v) is 7.35. The van der Waals surface area contributed by atoms with Crippen LogP contribution < -0.4 is 0 Å². The van der Waals surface area contributed by atoms with Gasteiger partial charge < -0.3 is 10.0 Å². The van der Waals surface area contributed by atoms with Crippen molar-refractivity contribution in [3.05, 3.63) is 0 Å². The fraction of sp³-hybridized carbons (Fsp3) is 0.933. The molecule has 104 valence electrons. The highest BCUT2D eigenvalue weighted by Crippen LogP contribution is 2.32. The van der Waals surface area contributed by atoms with E-state index in [0.29, 0.717) is 17.6 Å². The van der Waals surface area contributed by atoms with Crippen molar-refractivity contribution in [1.29, 1.82) is 0 Å². The van der Waals surface area contributed by atoms with Gasteiger partial charge in [-0.3, -0.25) is 4.79 Å². The summed E-state index contributed by atoms with van der Waals surface area (Å²) < 4.78 is 0. The van der Waals surface area contributed by atoms with E-state index in [1.807, 2.05) is 6.92 Å². The summed E-state index contributed by atoms with van der Waals surface area (Å²) in [4.78, 5) is 14.5. The maximum Gasteiger partial charge on any atom is 0.137 e. The van der Waals surface area contributed by atoms with Gasteiger partial charge in [-0.1, -0.05) is 13.8 Å². The van der Waals surface area contributed by atoms with E-state index in [1.165, 1.54) is 6.42 Å². The van der Waals surface area contributed by atoms with Crippen molar-refractivity contribution in [3.8, 4) is 0 Å². The molecular formula is C15H27NO2. The highest BCUT2D eigenvalue weighted by Gasteiger charge is 2.35. The van der Waals surface area contributed by atoms with Gasteiger partial charge in [-0.05, 0) is 38.0 Å². The smallest absolute Gasteiger partial charge is 0.137 e. The molecule has 3 atom stereocenters. The van der Waals surface area contributed by atoms with Crippen LogP contribution in [0, 0.1) is 17.8 Å². The average Bonchev–Trinajstić information content (AvgIpc) is 2.25. The Morgan fingerprint density at radius 2 is 1.94 bits per heavy atom. The van der Waals surface area contributed by atoms with Crippen molar-refractivity contribution in [2.24, 2.45) is 17.8 Å². The van der Waals surface area contributed by atoms with Crippen LogP contribution in [0.5, 0.6) is 0 Å². The monoisotopic (exact) mass is 253 g/mol. The number of hydrogen-bond donors (Lipinski definition) is 1. The third kappa shape index (κ3) is 3.33. The molecule has 2 rings (SSSR count). The van der Waals surface area contributed by atoms with Gasteiger partial charge in [0.25, 0.3) is 0 Å². The van der Waals surface area contributed by atoms with E-state index in [2.05, 4.69) is 18.7 Å². The van der Waals surface area contributed by atoms with Crippen LogP contribution >= 0.6 is 0 Å². The number of hydrogen-bond acceptors (Lipinski definition) is 3. The molecule has 0 spiro atoms. The Bertz CT molecular complexity index is 304. The first kappa shape index (κ1) is 14.0. The molecule has 0 aromatic heterocycles. The summed E-state index contributed by atoms with van der Waals surface area (Å²) in [5.41, 5.74) is -0.493.